The van der Waals surface area contributed by atoms with Gasteiger partial charge in [-0.15, -0.1) is 0 Å². The Morgan fingerprint density at radius 2 is 1.95 bits per heavy atom. The first kappa shape index (κ1) is 15.0. The van der Waals surface area contributed by atoms with Crippen LogP contribution in [0, 0.1) is 11.3 Å². The van der Waals surface area contributed by atoms with Crippen molar-refractivity contribution in [2.45, 2.75) is 32.4 Å². The van der Waals surface area contributed by atoms with E-state index in [-0.39, 0.29) is 12.1 Å². The number of nitrogens with zero attached hydrogens (tertiary/aromatic N) is 2. The van der Waals surface area contributed by atoms with Crippen molar-refractivity contribution in [1.29, 1.82) is 5.26 Å². The second-order valence-electron chi connectivity index (χ2n) is 4.98. The molecule has 1 aromatic heterocycles. The molecule has 0 bridgehead atoms. The standard InChI is InChI=1S/C17H19N3O/c1-3-13-4-6-14(7-5-13)17(12(2)19)21-16-9-8-15(10-18)20-11-16/h4-9,11-12,17H,3,19H2,1-2H3/t12?,17-/m0/s1. The zero-order valence-electron chi connectivity index (χ0n) is 12.3. The second kappa shape index (κ2) is 6.87. The van der Waals surface area contributed by atoms with E-state index in [1.807, 2.05) is 25.1 Å². The Bertz CT molecular complexity index is 612. The maximum atomic E-state index is 8.75. The molecule has 0 aliphatic rings. The van der Waals surface area contributed by atoms with Crippen LogP contribution in [0.1, 0.15) is 36.8 Å². The monoisotopic (exact) mass is 281 g/mol. The van der Waals surface area contributed by atoms with Crippen molar-refractivity contribution in [2.75, 3.05) is 0 Å². The first-order chi connectivity index (χ1) is 10.1. The van der Waals surface area contributed by atoms with Crippen LogP contribution in [0.2, 0.25) is 0 Å². The highest BCUT2D eigenvalue weighted by atomic mass is 16.5. The molecule has 2 aromatic rings. The minimum Gasteiger partial charge on any atom is -0.482 e. The van der Waals surface area contributed by atoms with Crippen LogP contribution in [0.25, 0.3) is 0 Å². The summed E-state index contributed by atoms with van der Waals surface area (Å²) in [6.45, 7) is 4.03. The Balaban J connectivity index is 2.19. The fraction of sp³-hybridized carbons (Fsp3) is 0.294. The molecule has 0 saturated heterocycles. The molecule has 0 spiro atoms. The number of ether oxygens (including phenoxy) is 1. The summed E-state index contributed by atoms with van der Waals surface area (Å²) < 4.78 is 5.94. The summed E-state index contributed by atoms with van der Waals surface area (Å²) in [7, 11) is 0. The summed E-state index contributed by atoms with van der Waals surface area (Å²) in [5, 5.41) is 8.75. The summed E-state index contributed by atoms with van der Waals surface area (Å²) in [5.41, 5.74) is 8.73. The summed E-state index contributed by atoms with van der Waals surface area (Å²) in [4.78, 5) is 4.00. The van der Waals surface area contributed by atoms with E-state index in [0.717, 1.165) is 12.0 Å². The van der Waals surface area contributed by atoms with Gasteiger partial charge in [-0.1, -0.05) is 31.2 Å². The number of pyridine rings is 1. The topological polar surface area (TPSA) is 71.9 Å². The number of hydrogen-bond donors (Lipinski definition) is 1. The Hall–Kier alpha value is -2.38. The molecule has 2 atom stereocenters. The number of aromatic nitrogens is 1. The molecule has 0 saturated carbocycles. The maximum absolute atomic E-state index is 8.75. The summed E-state index contributed by atoms with van der Waals surface area (Å²) in [6, 6.07) is 13.5. The summed E-state index contributed by atoms with van der Waals surface area (Å²) in [6.07, 6.45) is 2.31. The molecule has 0 radical (unpaired) electrons. The summed E-state index contributed by atoms with van der Waals surface area (Å²) >= 11 is 0. The van der Waals surface area contributed by atoms with E-state index in [1.165, 1.54) is 5.56 Å². The Morgan fingerprint density at radius 3 is 2.43 bits per heavy atom. The Kier molecular flexibility index (Phi) is 4.91. The van der Waals surface area contributed by atoms with Crippen LogP contribution < -0.4 is 10.5 Å². The SMILES string of the molecule is CCc1ccc([C@@H](Oc2ccc(C#N)nc2)C(C)N)cc1. The maximum Gasteiger partial charge on any atom is 0.140 e. The predicted molar refractivity (Wildman–Crippen MR) is 81.8 cm³/mol. The Morgan fingerprint density at radius 1 is 1.24 bits per heavy atom. The predicted octanol–water partition coefficient (Wildman–Crippen LogP) is 2.98. The van der Waals surface area contributed by atoms with Gasteiger partial charge in [0, 0.05) is 6.04 Å². The van der Waals surface area contributed by atoms with Gasteiger partial charge >= 0.3 is 0 Å². The molecule has 108 valence electrons. The number of nitriles is 1. The quantitative estimate of drug-likeness (QED) is 0.914. The van der Waals surface area contributed by atoms with Gasteiger partial charge < -0.3 is 10.5 Å². The Labute approximate surface area is 125 Å². The van der Waals surface area contributed by atoms with Gasteiger partial charge in [0.05, 0.1) is 6.20 Å². The van der Waals surface area contributed by atoms with Crippen LogP contribution in [0.3, 0.4) is 0 Å². The molecule has 2 N–H and O–H groups in total. The third kappa shape index (κ3) is 3.80. The van der Waals surface area contributed by atoms with E-state index >= 15 is 0 Å². The molecule has 1 heterocycles. The third-order valence-corrected chi connectivity index (χ3v) is 3.31. The molecular formula is C17H19N3O. The first-order valence-electron chi connectivity index (χ1n) is 7.01. The smallest absolute Gasteiger partial charge is 0.140 e. The van der Waals surface area contributed by atoms with Crippen LogP contribution >= 0.6 is 0 Å². The number of nitrogens with two attached hydrogens (primary N) is 1. The van der Waals surface area contributed by atoms with E-state index < -0.39 is 0 Å². The average molecular weight is 281 g/mol. The minimum absolute atomic E-state index is 0.159. The van der Waals surface area contributed by atoms with Crippen LogP contribution in [-0.2, 0) is 6.42 Å². The van der Waals surface area contributed by atoms with E-state index in [9.17, 15) is 0 Å². The van der Waals surface area contributed by atoms with Crippen LogP contribution in [0.4, 0.5) is 0 Å². The van der Waals surface area contributed by atoms with E-state index in [0.29, 0.717) is 11.4 Å². The molecule has 4 heteroatoms. The van der Waals surface area contributed by atoms with E-state index in [4.69, 9.17) is 15.7 Å². The van der Waals surface area contributed by atoms with Crippen molar-refractivity contribution in [2.24, 2.45) is 5.73 Å². The van der Waals surface area contributed by atoms with Crippen molar-refractivity contribution in [3.05, 3.63) is 59.4 Å². The van der Waals surface area contributed by atoms with Crippen LogP contribution in [-0.4, -0.2) is 11.0 Å². The van der Waals surface area contributed by atoms with Crippen molar-refractivity contribution >= 4 is 0 Å². The zero-order chi connectivity index (χ0) is 15.2. The van der Waals surface area contributed by atoms with E-state index in [1.54, 1.807) is 18.3 Å². The molecule has 0 aliphatic carbocycles. The highest BCUT2D eigenvalue weighted by Gasteiger charge is 2.18. The number of aryl methyl sites for hydroxylation is 1. The molecular weight excluding hydrogens is 262 g/mol. The lowest BCUT2D eigenvalue weighted by molar-refractivity contribution is 0.180. The first-order valence-corrected chi connectivity index (χ1v) is 7.01. The lowest BCUT2D eigenvalue weighted by atomic mass is 10.0. The average Bonchev–Trinajstić information content (AvgIpc) is 2.53. The largest absolute Gasteiger partial charge is 0.482 e. The lowest BCUT2D eigenvalue weighted by Gasteiger charge is -2.23. The highest BCUT2D eigenvalue weighted by molar-refractivity contribution is 5.29. The third-order valence-electron chi connectivity index (χ3n) is 3.31. The highest BCUT2D eigenvalue weighted by Crippen LogP contribution is 2.24. The van der Waals surface area contributed by atoms with Gasteiger partial charge in [0.1, 0.15) is 23.6 Å². The van der Waals surface area contributed by atoms with Crippen molar-refractivity contribution < 1.29 is 4.74 Å². The van der Waals surface area contributed by atoms with Crippen LogP contribution in [0.15, 0.2) is 42.6 Å². The molecule has 2 rings (SSSR count). The second-order valence-corrected chi connectivity index (χ2v) is 4.98. The van der Waals surface area contributed by atoms with Gasteiger partial charge in [-0.25, -0.2) is 4.98 Å². The van der Waals surface area contributed by atoms with Gasteiger partial charge in [-0.2, -0.15) is 5.26 Å². The van der Waals surface area contributed by atoms with E-state index in [2.05, 4.69) is 24.0 Å². The lowest BCUT2D eigenvalue weighted by Crippen LogP contribution is -2.29. The van der Waals surface area contributed by atoms with Gasteiger partial charge in [-0.05, 0) is 36.6 Å². The van der Waals surface area contributed by atoms with Crippen molar-refractivity contribution in [3.63, 3.8) is 0 Å². The molecule has 0 amide bonds. The normalized spacial score (nSPS) is 13.2. The van der Waals surface area contributed by atoms with Gasteiger partial charge in [0.2, 0.25) is 0 Å². The van der Waals surface area contributed by atoms with Gasteiger partial charge in [0.15, 0.2) is 0 Å². The van der Waals surface area contributed by atoms with Crippen LogP contribution in [0.5, 0.6) is 5.75 Å². The fourth-order valence-electron chi connectivity index (χ4n) is 2.08. The fourth-order valence-corrected chi connectivity index (χ4v) is 2.08. The summed E-state index contributed by atoms with van der Waals surface area (Å²) in [5.74, 6) is 0.607. The molecule has 4 nitrogen and oxygen atoms in total. The van der Waals surface area contributed by atoms with Gasteiger partial charge in [-0.3, -0.25) is 0 Å². The van der Waals surface area contributed by atoms with Gasteiger partial charge in [0.25, 0.3) is 0 Å². The molecule has 0 fully saturated rings. The zero-order valence-corrected chi connectivity index (χ0v) is 12.3. The molecule has 0 aliphatic heterocycles. The number of rotatable bonds is 5. The van der Waals surface area contributed by atoms with Crippen molar-refractivity contribution in [1.82, 2.24) is 4.98 Å². The number of hydrogen-bond acceptors (Lipinski definition) is 4. The molecule has 21 heavy (non-hydrogen) atoms. The molecule has 1 aromatic carbocycles. The molecule has 1 unspecified atom stereocenters. The minimum atomic E-state index is -0.245. The number of benzene rings is 1. The van der Waals surface area contributed by atoms with Crippen molar-refractivity contribution in [3.8, 4) is 11.8 Å².